The molecule has 1 aliphatic rings. The van der Waals surface area contributed by atoms with Gasteiger partial charge in [0.2, 0.25) is 5.91 Å². The van der Waals surface area contributed by atoms with Crippen LogP contribution in [0, 0.1) is 0 Å². The number of nitrogens with zero attached hydrogens (tertiary/aromatic N) is 3. The van der Waals surface area contributed by atoms with Crippen LogP contribution in [0.1, 0.15) is 12.8 Å². The molecule has 3 N–H and O–H groups in total. The second-order valence-electron chi connectivity index (χ2n) is 3.77. The van der Waals surface area contributed by atoms with Crippen molar-refractivity contribution in [2.75, 3.05) is 30.7 Å². The molecule has 6 nitrogen and oxygen atoms in total. The van der Waals surface area contributed by atoms with Crippen molar-refractivity contribution in [1.82, 2.24) is 14.9 Å². The highest BCUT2D eigenvalue weighted by atomic mass is 16.2. The molecule has 86 valence electrons. The van der Waals surface area contributed by atoms with Crippen molar-refractivity contribution in [2.45, 2.75) is 12.8 Å². The molecule has 16 heavy (non-hydrogen) atoms. The Kier molecular flexibility index (Phi) is 3.19. The Morgan fingerprint density at radius 2 is 2.12 bits per heavy atom. The number of hydrogen-bond acceptors (Lipinski definition) is 5. The minimum atomic E-state index is 0.108. The van der Waals surface area contributed by atoms with Crippen LogP contribution in [0.25, 0.3) is 0 Å². The average Bonchev–Trinajstić information content (AvgIpc) is 2.81. The van der Waals surface area contributed by atoms with Crippen molar-refractivity contribution >= 4 is 17.5 Å². The third-order valence-electron chi connectivity index (χ3n) is 2.55. The van der Waals surface area contributed by atoms with Gasteiger partial charge in [-0.3, -0.25) is 4.79 Å². The molecule has 0 atom stereocenters. The zero-order valence-corrected chi connectivity index (χ0v) is 9.02. The van der Waals surface area contributed by atoms with Gasteiger partial charge in [-0.15, -0.1) is 0 Å². The number of carbonyl (C=O) groups is 1. The standard InChI is InChI=1S/C10H15N5O/c11-8-5-13-9(6-12-8)14-7-10(16)15-3-1-2-4-15/h5-6H,1-4,7H2,(H2,11,12)(H,13,14). The van der Waals surface area contributed by atoms with Gasteiger partial charge in [0, 0.05) is 13.1 Å². The molecule has 0 aromatic carbocycles. The van der Waals surface area contributed by atoms with Crippen LogP contribution in [0.3, 0.4) is 0 Å². The molecule has 1 aromatic heterocycles. The molecule has 1 saturated heterocycles. The Hall–Kier alpha value is -1.85. The summed E-state index contributed by atoms with van der Waals surface area (Å²) in [6, 6.07) is 0. The number of anilines is 2. The van der Waals surface area contributed by atoms with Crippen LogP contribution in [0.5, 0.6) is 0 Å². The first kappa shape index (κ1) is 10.7. The lowest BCUT2D eigenvalue weighted by Gasteiger charge is -2.15. The van der Waals surface area contributed by atoms with E-state index in [1.165, 1.54) is 12.4 Å². The highest BCUT2D eigenvalue weighted by Gasteiger charge is 2.17. The van der Waals surface area contributed by atoms with Gasteiger partial charge in [-0.25, -0.2) is 9.97 Å². The number of nitrogen functional groups attached to an aromatic ring is 1. The molecule has 0 aliphatic carbocycles. The van der Waals surface area contributed by atoms with E-state index in [9.17, 15) is 4.79 Å². The summed E-state index contributed by atoms with van der Waals surface area (Å²) in [5.74, 6) is 1.05. The number of likely N-dealkylation sites (tertiary alicyclic amines) is 1. The van der Waals surface area contributed by atoms with Gasteiger partial charge in [-0.2, -0.15) is 0 Å². The minimum absolute atomic E-state index is 0.108. The van der Waals surface area contributed by atoms with Gasteiger partial charge in [-0.1, -0.05) is 0 Å². The maximum atomic E-state index is 11.7. The van der Waals surface area contributed by atoms with Crippen LogP contribution in [-0.4, -0.2) is 40.4 Å². The molecule has 1 aliphatic heterocycles. The molecule has 0 radical (unpaired) electrons. The summed E-state index contributed by atoms with van der Waals surface area (Å²) < 4.78 is 0. The average molecular weight is 221 g/mol. The van der Waals surface area contributed by atoms with Crippen LogP contribution in [0.2, 0.25) is 0 Å². The Labute approximate surface area is 93.9 Å². The molecule has 0 saturated carbocycles. The number of nitrogens with two attached hydrogens (primary N) is 1. The quantitative estimate of drug-likeness (QED) is 0.756. The summed E-state index contributed by atoms with van der Waals surface area (Å²) in [7, 11) is 0. The largest absolute Gasteiger partial charge is 0.382 e. The van der Waals surface area contributed by atoms with Crippen molar-refractivity contribution in [3.05, 3.63) is 12.4 Å². The Morgan fingerprint density at radius 3 is 2.75 bits per heavy atom. The first-order valence-electron chi connectivity index (χ1n) is 5.35. The molecule has 0 unspecified atom stereocenters. The van der Waals surface area contributed by atoms with Gasteiger partial charge in [-0.05, 0) is 12.8 Å². The number of aromatic nitrogens is 2. The van der Waals surface area contributed by atoms with E-state index in [-0.39, 0.29) is 12.5 Å². The van der Waals surface area contributed by atoms with Gasteiger partial charge < -0.3 is 16.0 Å². The molecule has 2 heterocycles. The molecule has 1 aromatic rings. The molecule has 6 heteroatoms. The molecular weight excluding hydrogens is 206 g/mol. The number of hydrogen-bond donors (Lipinski definition) is 2. The lowest BCUT2D eigenvalue weighted by molar-refractivity contribution is -0.128. The summed E-state index contributed by atoms with van der Waals surface area (Å²) in [6.07, 6.45) is 5.19. The highest BCUT2D eigenvalue weighted by molar-refractivity contribution is 5.80. The zero-order valence-electron chi connectivity index (χ0n) is 9.02. The van der Waals surface area contributed by atoms with Crippen LogP contribution in [-0.2, 0) is 4.79 Å². The van der Waals surface area contributed by atoms with Crippen LogP contribution in [0.4, 0.5) is 11.6 Å². The summed E-state index contributed by atoms with van der Waals surface area (Å²) >= 11 is 0. The van der Waals surface area contributed by atoms with E-state index in [2.05, 4.69) is 15.3 Å². The van der Waals surface area contributed by atoms with Gasteiger partial charge in [0.25, 0.3) is 0 Å². The Balaban J connectivity index is 1.82. The van der Waals surface area contributed by atoms with Crippen molar-refractivity contribution in [1.29, 1.82) is 0 Å². The maximum Gasteiger partial charge on any atom is 0.241 e. The Morgan fingerprint density at radius 1 is 1.38 bits per heavy atom. The predicted octanol–water partition coefficient (Wildman–Crippen LogP) is 0.0931. The molecule has 2 rings (SSSR count). The van der Waals surface area contributed by atoms with Crippen molar-refractivity contribution < 1.29 is 4.79 Å². The minimum Gasteiger partial charge on any atom is -0.382 e. The summed E-state index contributed by atoms with van der Waals surface area (Å²) in [5.41, 5.74) is 5.41. The predicted molar refractivity (Wildman–Crippen MR) is 60.7 cm³/mol. The second kappa shape index (κ2) is 4.78. The first-order valence-corrected chi connectivity index (χ1v) is 5.35. The van der Waals surface area contributed by atoms with E-state index in [1.807, 2.05) is 4.90 Å². The third kappa shape index (κ3) is 2.59. The SMILES string of the molecule is Nc1cnc(NCC(=O)N2CCCC2)cn1. The number of carbonyl (C=O) groups excluding carboxylic acids is 1. The Bertz CT molecular complexity index is 358. The van der Waals surface area contributed by atoms with Crippen LogP contribution in [0.15, 0.2) is 12.4 Å². The van der Waals surface area contributed by atoms with Gasteiger partial charge in [0.15, 0.2) is 0 Å². The van der Waals surface area contributed by atoms with Crippen molar-refractivity contribution in [3.63, 3.8) is 0 Å². The van der Waals surface area contributed by atoms with Gasteiger partial charge in [0.05, 0.1) is 18.9 Å². The summed E-state index contributed by atoms with van der Waals surface area (Å²) in [4.78, 5) is 21.4. The fourth-order valence-corrected chi connectivity index (χ4v) is 1.67. The number of nitrogens with one attached hydrogen (secondary N) is 1. The summed E-state index contributed by atoms with van der Waals surface area (Å²) in [6.45, 7) is 2.00. The third-order valence-corrected chi connectivity index (χ3v) is 2.55. The van der Waals surface area contributed by atoms with E-state index in [4.69, 9.17) is 5.73 Å². The smallest absolute Gasteiger partial charge is 0.241 e. The van der Waals surface area contributed by atoms with Crippen LogP contribution < -0.4 is 11.1 Å². The first-order chi connectivity index (χ1) is 7.75. The lowest BCUT2D eigenvalue weighted by atomic mass is 10.4. The lowest BCUT2D eigenvalue weighted by Crippen LogP contribution is -2.33. The second-order valence-corrected chi connectivity index (χ2v) is 3.77. The molecular formula is C10H15N5O. The van der Waals surface area contributed by atoms with E-state index in [1.54, 1.807) is 0 Å². The van der Waals surface area contributed by atoms with Crippen molar-refractivity contribution in [3.8, 4) is 0 Å². The fraction of sp³-hybridized carbons (Fsp3) is 0.500. The van der Waals surface area contributed by atoms with E-state index < -0.39 is 0 Å². The molecule has 0 bridgehead atoms. The van der Waals surface area contributed by atoms with Crippen LogP contribution >= 0.6 is 0 Å². The molecule has 0 spiro atoms. The molecule has 1 amide bonds. The highest BCUT2D eigenvalue weighted by Crippen LogP contribution is 2.08. The zero-order chi connectivity index (χ0) is 11.4. The number of amides is 1. The fourth-order valence-electron chi connectivity index (χ4n) is 1.67. The normalized spacial score (nSPS) is 15.1. The number of rotatable bonds is 3. The maximum absolute atomic E-state index is 11.7. The van der Waals surface area contributed by atoms with E-state index >= 15 is 0 Å². The monoisotopic (exact) mass is 221 g/mol. The van der Waals surface area contributed by atoms with E-state index in [0.29, 0.717) is 11.6 Å². The topological polar surface area (TPSA) is 84.1 Å². The molecule has 1 fully saturated rings. The van der Waals surface area contributed by atoms with E-state index in [0.717, 1.165) is 25.9 Å². The van der Waals surface area contributed by atoms with Gasteiger partial charge >= 0.3 is 0 Å². The van der Waals surface area contributed by atoms with Gasteiger partial charge in [0.1, 0.15) is 11.6 Å². The summed E-state index contributed by atoms with van der Waals surface area (Å²) in [5, 5.41) is 2.93. The van der Waals surface area contributed by atoms with Crippen molar-refractivity contribution in [2.24, 2.45) is 0 Å².